The van der Waals surface area contributed by atoms with Gasteiger partial charge in [-0.25, -0.2) is 0 Å². The van der Waals surface area contributed by atoms with Gasteiger partial charge in [0.2, 0.25) is 11.8 Å². The maximum Gasteiger partial charge on any atom is 0.236 e. The third-order valence-electron chi connectivity index (χ3n) is 5.98. The van der Waals surface area contributed by atoms with Crippen molar-refractivity contribution < 1.29 is 9.59 Å². The summed E-state index contributed by atoms with van der Waals surface area (Å²) in [6.45, 7) is 14.5. The normalized spacial score (nSPS) is 19.4. The Morgan fingerprint density at radius 2 is 1.48 bits per heavy atom. The smallest absolute Gasteiger partial charge is 0.236 e. The van der Waals surface area contributed by atoms with Crippen LogP contribution < -0.4 is 0 Å². The second-order valence-electron chi connectivity index (χ2n) is 7.85. The lowest BCUT2D eigenvalue weighted by Crippen LogP contribution is -2.54. The van der Waals surface area contributed by atoms with Crippen molar-refractivity contribution in [3.63, 3.8) is 0 Å². The number of nitrogens with zero attached hydrogens (tertiary/aromatic N) is 5. The summed E-state index contributed by atoms with van der Waals surface area (Å²) in [7, 11) is 0. The van der Waals surface area contributed by atoms with Crippen LogP contribution in [0.1, 0.15) is 18.7 Å². The van der Waals surface area contributed by atoms with Gasteiger partial charge in [0.05, 0.1) is 13.1 Å². The molecule has 2 fully saturated rings. The first-order valence-electron chi connectivity index (χ1n) is 10.8. The second kappa shape index (κ2) is 11.1. The van der Waals surface area contributed by atoms with Crippen LogP contribution in [-0.2, 0) is 16.1 Å². The van der Waals surface area contributed by atoms with Gasteiger partial charge in [0.25, 0.3) is 0 Å². The Bertz CT molecular complexity index is 634. The first kappa shape index (κ1) is 22.2. The lowest BCUT2D eigenvalue weighted by atomic mass is 10.2. The maximum atomic E-state index is 12.7. The van der Waals surface area contributed by atoms with E-state index >= 15 is 0 Å². The molecular formula is C21H35N5O2S. The Morgan fingerprint density at radius 1 is 0.897 bits per heavy atom. The molecule has 0 bridgehead atoms. The molecule has 0 aliphatic carbocycles. The average molecular weight is 422 g/mol. The Balaban J connectivity index is 1.34. The molecule has 8 heteroatoms. The van der Waals surface area contributed by atoms with Crippen LogP contribution in [0.4, 0.5) is 0 Å². The molecule has 0 saturated carbocycles. The van der Waals surface area contributed by atoms with Gasteiger partial charge >= 0.3 is 0 Å². The van der Waals surface area contributed by atoms with Gasteiger partial charge in [0.15, 0.2) is 0 Å². The number of amides is 2. The largest absolute Gasteiger partial charge is 0.342 e. The van der Waals surface area contributed by atoms with Crippen LogP contribution in [0.5, 0.6) is 0 Å². The summed E-state index contributed by atoms with van der Waals surface area (Å²) >= 11 is 1.80. The van der Waals surface area contributed by atoms with E-state index in [1.807, 2.05) is 23.6 Å². The molecule has 1 aromatic rings. The number of likely N-dealkylation sites (N-methyl/N-ethyl adjacent to an activating group) is 1. The van der Waals surface area contributed by atoms with Gasteiger partial charge in [-0.15, -0.1) is 11.3 Å². The standard InChI is InChI=1S/C21H35N5O2S/c1-3-25(4-2)20(27)17-23-7-9-24(10-8-23)18-21(28)26-13-11-22(12-14-26)16-19-6-5-15-29-19/h5-6,15H,3-4,7-14,16-18H2,1-2H3. The van der Waals surface area contributed by atoms with E-state index in [9.17, 15) is 9.59 Å². The fourth-order valence-corrected chi connectivity index (χ4v) is 4.79. The number of carbonyl (C=O) groups excluding carboxylic acids is 2. The predicted molar refractivity (Wildman–Crippen MR) is 117 cm³/mol. The monoisotopic (exact) mass is 421 g/mol. The molecule has 2 amide bonds. The zero-order chi connectivity index (χ0) is 20.6. The highest BCUT2D eigenvalue weighted by Crippen LogP contribution is 2.14. The van der Waals surface area contributed by atoms with E-state index in [1.54, 1.807) is 11.3 Å². The molecule has 0 unspecified atom stereocenters. The molecule has 3 rings (SSSR count). The zero-order valence-corrected chi connectivity index (χ0v) is 18.7. The minimum Gasteiger partial charge on any atom is -0.342 e. The van der Waals surface area contributed by atoms with E-state index < -0.39 is 0 Å². The first-order valence-corrected chi connectivity index (χ1v) is 11.7. The summed E-state index contributed by atoms with van der Waals surface area (Å²) in [6, 6.07) is 4.27. The molecule has 0 spiro atoms. The lowest BCUT2D eigenvalue weighted by molar-refractivity contribution is -0.136. The maximum absolute atomic E-state index is 12.7. The highest BCUT2D eigenvalue weighted by atomic mass is 32.1. The zero-order valence-electron chi connectivity index (χ0n) is 17.9. The van der Waals surface area contributed by atoms with Crippen molar-refractivity contribution in [3.8, 4) is 0 Å². The van der Waals surface area contributed by atoms with Gasteiger partial charge in [-0.3, -0.25) is 24.3 Å². The molecule has 2 aliphatic heterocycles. The van der Waals surface area contributed by atoms with Gasteiger partial charge in [-0.2, -0.15) is 0 Å². The molecule has 162 valence electrons. The van der Waals surface area contributed by atoms with Crippen molar-refractivity contribution in [2.75, 3.05) is 78.5 Å². The topological polar surface area (TPSA) is 50.3 Å². The molecule has 7 nitrogen and oxygen atoms in total. The molecular weight excluding hydrogens is 386 g/mol. The van der Waals surface area contributed by atoms with Crippen molar-refractivity contribution in [1.82, 2.24) is 24.5 Å². The summed E-state index contributed by atoms with van der Waals surface area (Å²) in [5.74, 6) is 0.452. The van der Waals surface area contributed by atoms with E-state index in [0.29, 0.717) is 13.1 Å². The van der Waals surface area contributed by atoms with Crippen molar-refractivity contribution in [2.45, 2.75) is 20.4 Å². The molecule has 0 aromatic carbocycles. The highest BCUT2D eigenvalue weighted by Gasteiger charge is 2.25. The van der Waals surface area contributed by atoms with Crippen molar-refractivity contribution in [3.05, 3.63) is 22.4 Å². The first-order chi connectivity index (χ1) is 14.1. The SMILES string of the molecule is CCN(CC)C(=O)CN1CCN(CC(=O)N2CCN(Cc3cccs3)CC2)CC1. The van der Waals surface area contributed by atoms with Crippen molar-refractivity contribution >= 4 is 23.2 Å². The number of hydrogen-bond donors (Lipinski definition) is 0. The third kappa shape index (κ3) is 6.50. The average Bonchev–Trinajstić information content (AvgIpc) is 3.24. The molecule has 0 radical (unpaired) electrons. The molecule has 3 heterocycles. The number of carbonyl (C=O) groups is 2. The summed E-state index contributed by atoms with van der Waals surface area (Å²) in [5, 5.41) is 2.12. The highest BCUT2D eigenvalue weighted by molar-refractivity contribution is 7.09. The fourth-order valence-electron chi connectivity index (χ4n) is 4.04. The Morgan fingerprint density at radius 3 is 2.03 bits per heavy atom. The Kier molecular flexibility index (Phi) is 8.47. The van der Waals surface area contributed by atoms with E-state index in [1.165, 1.54) is 4.88 Å². The van der Waals surface area contributed by atoms with E-state index in [-0.39, 0.29) is 11.8 Å². The van der Waals surface area contributed by atoms with E-state index in [2.05, 4.69) is 32.2 Å². The van der Waals surface area contributed by atoms with E-state index in [0.717, 1.165) is 72.0 Å². The van der Waals surface area contributed by atoms with Gasteiger partial charge < -0.3 is 9.80 Å². The van der Waals surface area contributed by atoms with Crippen LogP contribution in [0.2, 0.25) is 0 Å². The number of piperazine rings is 2. The quantitative estimate of drug-likeness (QED) is 0.624. The van der Waals surface area contributed by atoms with Crippen LogP contribution in [-0.4, -0.2) is 115 Å². The molecule has 0 atom stereocenters. The minimum atomic E-state index is 0.208. The van der Waals surface area contributed by atoms with Crippen molar-refractivity contribution in [1.29, 1.82) is 0 Å². The minimum absolute atomic E-state index is 0.208. The van der Waals surface area contributed by atoms with Gasteiger partial charge in [-0.05, 0) is 25.3 Å². The summed E-state index contributed by atoms with van der Waals surface area (Å²) < 4.78 is 0. The van der Waals surface area contributed by atoms with Crippen LogP contribution in [0.15, 0.2) is 17.5 Å². The molecule has 29 heavy (non-hydrogen) atoms. The fraction of sp³-hybridized carbons (Fsp3) is 0.714. The van der Waals surface area contributed by atoms with Crippen LogP contribution in [0.25, 0.3) is 0 Å². The van der Waals surface area contributed by atoms with Gasteiger partial charge in [0, 0.05) is 76.9 Å². The molecule has 0 N–H and O–H groups in total. The summed E-state index contributed by atoms with van der Waals surface area (Å²) in [4.78, 5) is 37.2. The van der Waals surface area contributed by atoms with Crippen LogP contribution >= 0.6 is 11.3 Å². The number of hydrogen-bond acceptors (Lipinski definition) is 6. The van der Waals surface area contributed by atoms with Crippen molar-refractivity contribution in [2.24, 2.45) is 0 Å². The Hall–Kier alpha value is -1.48. The summed E-state index contributed by atoms with van der Waals surface area (Å²) in [6.07, 6.45) is 0. The Labute approximate surface area is 178 Å². The van der Waals surface area contributed by atoms with Gasteiger partial charge in [-0.1, -0.05) is 6.07 Å². The predicted octanol–water partition coefficient (Wildman–Crippen LogP) is 0.878. The van der Waals surface area contributed by atoms with Crippen LogP contribution in [0, 0.1) is 0 Å². The lowest BCUT2D eigenvalue weighted by Gasteiger charge is -2.38. The third-order valence-corrected chi connectivity index (χ3v) is 6.84. The molecule has 1 aromatic heterocycles. The number of thiophene rings is 1. The second-order valence-corrected chi connectivity index (χ2v) is 8.89. The number of rotatable bonds is 8. The summed E-state index contributed by atoms with van der Waals surface area (Å²) in [5.41, 5.74) is 0. The molecule has 2 aliphatic rings. The van der Waals surface area contributed by atoms with Gasteiger partial charge in [0.1, 0.15) is 0 Å². The molecule has 2 saturated heterocycles. The van der Waals surface area contributed by atoms with Crippen LogP contribution in [0.3, 0.4) is 0 Å². The van der Waals surface area contributed by atoms with E-state index in [4.69, 9.17) is 0 Å².